The molecule has 0 radical (unpaired) electrons. The van der Waals surface area contributed by atoms with Crippen molar-refractivity contribution in [2.75, 3.05) is 32.7 Å². The highest BCUT2D eigenvalue weighted by atomic mass is 32.1. The molecule has 35 heavy (non-hydrogen) atoms. The van der Waals surface area contributed by atoms with Crippen molar-refractivity contribution < 1.29 is 4.79 Å². The predicted octanol–water partition coefficient (Wildman–Crippen LogP) is 5.25. The molecule has 182 valence electrons. The fourth-order valence-electron chi connectivity index (χ4n) is 5.43. The summed E-state index contributed by atoms with van der Waals surface area (Å²) in [6.07, 6.45) is 9.54. The van der Waals surface area contributed by atoms with Crippen LogP contribution in [0.15, 0.2) is 48.7 Å². The third-order valence-corrected chi connectivity index (χ3v) is 8.43. The first-order valence-electron chi connectivity index (χ1n) is 13.0. The van der Waals surface area contributed by atoms with Crippen LogP contribution in [0.5, 0.6) is 0 Å². The molecule has 0 saturated carbocycles. The standard InChI is InChI=1S/C28H33N5OS/c34-27(30-14-5-17-32-15-2-1-3-16-32)22-11-12-25-26(18-22)35-28-31-24(19-33(25)28)21-9-7-20(8-10-21)23-6-4-13-29-23/h7-12,18-19,23,29H,1-6,13-17H2,(H,30,34)/t23-/m1/s1. The molecule has 1 amide bonds. The van der Waals surface area contributed by atoms with Crippen LogP contribution >= 0.6 is 11.3 Å². The number of amides is 1. The fourth-order valence-corrected chi connectivity index (χ4v) is 6.47. The molecule has 2 saturated heterocycles. The van der Waals surface area contributed by atoms with Gasteiger partial charge in [0.05, 0.1) is 15.9 Å². The Hall–Kier alpha value is -2.74. The van der Waals surface area contributed by atoms with E-state index in [1.54, 1.807) is 11.3 Å². The monoisotopic (exact) mass is 487 g/mol. The first-order chi connectivity index (χ1) is 17.2. The van der Waals surface area contributed by atoms with Gasteiger partial charge in [-0.3, -0.25) is 9.20 Å². The molecule has 4 aromatic rings. The normalized spacial score (nSPS) is 19.0. The van der Waals surface area contributed by atoms with Crippen molar-refractivity contribution in [3.8, 4) is 11.3 Å². The van der Waals surface area contributed by atoms with Crippen molar-refractivity contribution in [3.63, 3.8) is 0 Å². The van der Waals surface area contributed by atoms with Gasteiger partial charge in [0.2, 0.25) is 0 Å². The number of thiazole rings is 1. The molecule has 0 unspecified atom stereocenters. The lowest BCUT2D eigenvalue weighted by Crippen LogP contribution is -2.33. The third kappa shape index (κ3) is 4.85. The van der Waals surface area contributed by atoms with Gasteiger partial charge in [0.25, 0.3) is 5.91 Å². The summed E-state index contributed by atoms with van der Waals surface area (Å²) in [6, 6.07) is 15.3. The molecule has 4 heterocycles. The highest BCUT2D eigenvalue weighted by Crippen LogP contribution is 2.31. The van der Waals surface area contributed by atoms with Crippen LogP contribution in [0, 0.1) is 0 Å². The zero-order valence-corrected chi connectivity index (χ0v) is 20.9. The number of hydrogen-bond donors (Lipinski definition) is 2. The molecule has 6 nitrogen and oxygen atoms in total. The summed E-state index contributed by atoms with van der Waals surface area (Å²) in [6.45, 7) is 5.31. The van der Waals surface area contributed by atoms with Crippen LogP contribution in [0.1, 0.15) is 60.5 Å². The van der Waals surface area contributed by atoms with Crippen LogP contribution in [0.3, 0.4) is 0 Å². The summed E-state index contributed by atoms with van der Waals surface area (Å²) in [5.41, 5.74) is 5.29. The summed E-state index contributed by atoms with van der Waals surface area (Å²) in [4.78, 5) is 21.1. The maximum atomic E-state index is 12.7. The van der Waals surface area contributed by atoms with E-state index in [9.17, 15) is 4.79 Å². The van der Waals surface area contributed by atoms with Crippen molar-refractivity contribution in [3.05, 3.63) is 59.8 Å². The average molecular weight is 488 g/mol. The van der Waals surface area contributed by atoms with Crippen molar-refractivity contribution in [2.24, 2.45) is 0 Å². The molecule has 6 rings (SSSR count). The van der Waals surface area contributed by atoms with E-state index in [-0.39, 0.29) is 5.91 Å². The SMILES string of the molecule is O=C(NCCCN1CCCCC1)c1ccc2c(c1)sc1nc(-c3ccc([C@H]4CCCN4)cc3)cn12. The molecule has 1 atom stereocenters. The molecule has 2 aliphatic rings. The molecule has 0 bridgehead atoms. The zero-order chi connectivity index (χ0) is 23.6. The highest BCUT2D eigenvalue weighted by molar-refractivity contribution is 7.23. The van der Waals surface area contributed by atoms with Gasteiger partial charge in [0.1, 0.15) is 0 Å². The summed E-state index contributed by atoms with van der Waals surface area (Å²) < 4.78 is 3.23. The molecule has 7 heteroatoms. The van der Waals surface area contributed by atoms with Crippen molar-refractivity contribution in [1.29, 1.82) is 0 Å². The number of nitrogens with one attached hydrogen (secondary N) is 2. The van der Waals surface area contributed by atoms with E-state index in [0.29, 0.717) is 6.04 Å². The predicted molar refractivity (Wildman–Crippen MR) is 143 cm³/mol. The second-order valence-electron chi connectivity index (χ2n) is 9.85. The van der Waals surface area contributed by atoms with Gasteiger partial charge in [-0.25, -0.2) is 4.98 Å². The summed E-state index contributed by atoms with van der Waals surface area (Å²) in [5.74, 6) is 0.00844. The lowest BCUT2D eigenvalue weighted by atomic mass is 10.0. The Morgan fingerprint density at radius 1 is 1.09 bits per heavy atom. The molecule has 0 spiro atoms. The van der Waals surface area contributed by atoms with Gasteiger partial charge in [0.15, 0.2) is 4.96 Å². The second kappa shape index (κ2) is 10.1. The molecule has 0 aliphatic carbocycles. The number of rotatable bonds is 7. The van der Waals surface area contributed by atoms with Gasteiger partial charge in [-0.15, -0.1) is 0 Å². The van der Waals surface area contributed by atoms with Crippen LogP contribution in [-0.4, -0.2) is 52.9 Å². The maximum absolute atomic E-state index is 12.7. The molecular weight excluding hydrogens is 454 g/mol. The van der Waals surface area contributed by atoms with Crippen molar-refractivity contribution in [2.45, 2.75) is 44.6 Å². The number of carbonyl (C=O) groups excluding carboxylic acids is 1. The Morgan fingerprint density at radius 2 is 1.94 bits per heavy atom. The van der Waals surface area contributed by atoms with E-state index >= 15 is 0 Å². The number of carbonyl (C=O) groups is 1. The summed E-state index contributed by atoms with van der Waals surface area (Å²) >= 11 is 1.63. The number of imidazole rings is 1. The molecule has 2 aromatic heterocycles. The number of fused-ring (bicyclic) bond motifs is 3. The first kappa shape index (κ1) is 22.7. The molecule has 2 aliphatic heterocycles. The lowest BCUT2D eigenvalue weighted by molar-refractivity contribution is 0.0951. The summed E-state index contributed by atoms with van der Waals surface area (Å²) in [7, 11) is 0. The molecule has 2 N–H and O–H groups in total. The smallest absolute Gasteiger partial charge is 0.251 e. The molecule has 2 fully saturated rings. The van der Waals surface area contributed by atoms with Crippen LogP contribution in [0.4, 0.5) is 0 Å². The van der Waals surface area contributed by atoms with Crippen molar-refractivity contribution >= 4 is 32.4 Å². The number of hydrogen-bond acceptors (Lipinski definition) is 5. The van der Waals surface area contributed by atoms with E-state index in [1.807, 2.05) is 18.2 Å². The quantitative estimate of drug-likeness (QED) is 0.350. The Bertz CT molecular complexity index is 1310. The number of aromatic nitrogens is 2. The second-order valence-corrected chi connectivity index (χ2v) is 10.9. The minimum atomic E-state index is 0.00844. The maximum Gasteiger partial charge on any atom is 0.251 e. The highest BCUT2D eigenvalue weighted by Gasteiger charge is 2.17. The third-order valence-electron chi connectivity index (χ3n) is 7.41. The Morgan fingerprint density at radius 3 is 2.74 bits per heavy atom. The Balaban J connectivity index is 1.12. The number of piperidine rings is 1. The number of likely N-dealkylation sites (tertiary alicyclic amines) is 1. The molecule has 2 aromatic carbocycles. The average Bonchev–Trinajstić information content (AvgIpc) is 3.64. The Labute approximate surface area is 210 Å². The van der Waals surface area contributed by atoms with Gasteiger partial charge in [0, 0.05) is 29.9 Å². The van der Waals surface area contributed by atoms with E-state index < -0.39 is 0 Å². The molecular formula is C28H33N5OS. The largest absolute Gasteiger partial charge is 0.352 e. The van der Waals surface area contributed by atoms with E-state index in [1.165, 1.54) is 50.8 Å². The van der Waals surface area contributed by atoms with Gasteiger partial charge in [-0.2, -0.15) is 0 Å². The van der Waals surface area contributed by atoms with Gasteiger partial charge >= 0.3 is 0 Å². The van der Waals surface area contributed by atoms with E-state index in [0.717, 1.165) is 58.1 Å². The number of nitrogens with zero attached hydrogens (tertiary/aromatic N) is 3. The zero-order valence-electron chi connectivity index (χ0n) is 20.1. The van der Waals surface area contributed by atoms with E-state index in [4.69, 9.17) is 4.98 Å². The van der Waals surface area contributed by atoms with E-state index in [2.05, 4.69) is 50.4 Å². The van der Waals surface area contributed by atoms with Gasteiger partial charge in [-0.05, 0) is 82.0 Å². The fraction of sp³-hybridized carbons (Fsp3) is 0.429. The van der Waals surface area contributed by atoms with Gasteiger partial charge in [-0.1, -0.05) is 42.0 Å². The minimum absolute atomic E-state index is 0.00844. The van der Waals surface area contributed by atoms with Crippen LogP contribution in [0.2, 0.25) is 0 Å². The minimum Gasteiger partial charge on any atom is -0.352 e. The lowest BCUT2D eigenvalue weighted by Gasteiger charge is -2.26. The van der Waals surface area contributed by atoms with Crippen LogP contribution in [0.25, 0.3) is 26.4 Å². The Kier molecular flexibility index (Phi) is 6.55. The first-order valence-corrected chi connectivity index (χ1v) is 13.8. The topological polar surface area (TPSA) is 61.7 Å². The number of benzene rings is 2. The van der Waals surface area contributed by atoms with Crippen LogP contribution < -0.4 is 10.6 Å². The van der Waals surface area contributed by atoms with Crippen LogP contribution in [-0.2, 0) is 0 Å². The van der Waals surface area contributed by atoms with Crippen molar-refractivity contribution in [1.82, 2.24) is 24.9 Å². The van der Waals surface area contributed by atoms with Gasteiger partial charge < -0.3 is 15.5 Å². The summed E-state index contributed by atoms with van der Waals surface area (Å²) in [5, 5.41) is 6.66.